The Labute approximate surface area is 152 Å². The van der Waals surface area contributed by atoms with Crippen LogP contribution in [-0.2, 0) is 4.74 Å². The number of morpholine rings is 1. The molecular formula is C18H21ClN4O2. The van der Waals surface area contributed by atoms with Crippen LogP contribution >= 0.6 is 11.6 Å². The van der Waals surface area contributed by atoms with Gasteiger partial charge in [0.05, 0.1) is 24.4 Å². The molecule has 3 rings (SSSR count). The van der Waals surface area contributed by atoms with E-state index in [9.17, 15) is 4.79 Å². The Morgan fingerprint density at radius 3 is 2.76 bits per heavy atom. The molecule has 1 aliphatic rings. The second kappa shape index (κ2) is 8.27. The van der Waals surface area contributed by atoms with Gasteiger partial charge >= 0.3 is 0 Å². The number of nitrogens with zero attached hydrogens (tertiary/aromatic N) is 3. The Kier molecular flexibility index (Phi) is 5.83. The highest BCUT2D eigenvalue weighted by Crippen LogP contribution is 2.18. The van der Waals surface area contributed by atoms with E-state index in [1.54, 1.807) is 0 Å². The number of rotatable bonds is 5. The van der Waals surface area contributed by atoms with Crippen LogP contribution in [0.1, 0.15) is 28.9 Å². The van der Waals surface area contributed by atoms with Crippen molar-refractivity contribution in [2.45, 2.75) is 12.8 Å². The van der Waals surface area contributed by atoms with Gasteiger partial charge in [-0.3, -0.25) is 4.79 Å². The number of carbonyl (C=O) groups is 1. The quantitative estimate of drug-likeness (QED) is 0.887. The lowest BCUT2D eigenvalue weighted by Crippen LogP contribution is -2.38. The van der Waals surface area contributed by atoms with Gasteiger partial charge in [0.25, 0.3) is 5.91 Å². The van der Waals surface area contributed by atoms with E-state index in [0.717, 1.165) is 0 Å². The molecule has 0 saturated carbocycles. The van der Waals surface area contributed by atoms with Crippen LogP contribution in [0.3, 0.4) is 0 Å². The fourth-order valence-electron chi connectivity index (χ4n) is 2.66. The molecule has 1 aliphatic heterocycles. The summed E-state index contributed by atoms with van der Waals surface area (Å²) in [7, 11) is 0. The minimum Gasteiger partial charge on any atom is -0.378 e. The van der Waals surface area contributed by atoms with Gasteiger partial charge in [0.1, 0.15) is 0 Å². The van der Waals surface area contributed by atoms with Crippen molar-refractivity contribution >= 4 is 23.5 Å². The second-order valence-electron chi connectivity index (χ2n) is 5.99. The van der Waals surface area contributed by atoms with E-state index < -0.39 is 0 Å². The molecule has 1 fully saturated rings. The van der Waals surface area contributed by atoms with Crippen molar-refractivity contribution in [1.82, 2.24) is 15.3 Å². The van der Waals surface area contributed by atoms with Gasteiger partial charge < -0.3 is 15.0 Å². The zero-order valence-electron chi connectivity index (χ0n) is 14.1. The molecule has 6 nitrogen and oxygen atoms in total. The largest absolute Gasteiger partial charge is 0.378 e. The summed E-state index contributed by atoms with van der Waals surface area (Å²) in [6.45, 7) is 5.23. The molecule has 1 aromatic carbocycles. The van der Waals surface area contributed by atoms with Crippen LogP contribution < -0.4 is 10.2 Å². The van der Waals surface area contributed by atoms with Crippen LogP contribution in [0.25, 0.3) is 0 Å². The average Bonchev–Trinajstić information content (AvgIpc) is 2.67. The van der Waals surface area contributed by atoms with Crippen molar-refractivity contribution in [2.75, 3.05) is 37.7 Å². The number of hydrogen-bond donors (Lipinski definition) is 1. The predicted octanol–water partition coefficient (Wildman–Crippen LogP) is 2.50. The Morgan fingerprint density at radius 2 is 2.04 bits per heavy atom. The van der Waals surface area contributed by atoms with Crippen LogP contribution in [-0.4, -0.2) is 48.7 Å². The highest BCUT2D eigenvalue weighted by molar-refractivity contribution is 6.33. The first-order chi connectivity index (χ1) is 12.1. The first-order valence-corrected chi connectivity index (χ1v) is 8.71. The van der Waals surface area contributed by atoms with Crippen LogP contribution in [0.2, 0.25) is 5.02 Å². The van der Waals surface area contributed by atoms with Crippen LogP contribution in [0.5, 0.6) is 0 Å². The maximum atomic E-state index is 12.5. The second-order valence-corrected chi connectivity index (χ2v) is 6.39. The molecule has 0 bridgehead atoms. The molecule has 1 aromatic heterocycles. The molecule has 0 radical (unpaired) electrons. The van der Waals surface area contributed by atoms with Crippen molar-refractivity contribution in [3.05, 3.63) is 52.8 Å². The zero-order valence-corrected chi connectivity index (χ0v) is 14.9. The number of hydrogen-bond acceptors (Lipinski definition) is 5. The minimum atomic E-state index is -0.287. The molecule has 25 heavy (non-hydrogen) atoms. The molecule has 2 heterocycles. The van der Waals surface area contributed by atoms with E-state index >= 15 is 0 Å². The van der Waals surface area contributed by atoms with Crippen molar-refractivity contribution < 1.29 is 9.53 Å². The summed E-state index contributed by atoms with van der Waals surface area (Å²) in [5.41, 5.74) is 1.38. The molecule has 1 atom stereocenters. The van der Waals surface area contributed by atoms with Gasteiger partial charge in [-0.25, -0.2) is 9.97 Å². The van der Waals surface area contributed by atoms with Crippen LogP contribution in [0, 0.1) is 0 Å². The fourth-order valence-corrected chi connectivity index (χ4v) is 2.84. The number of aromatic nitrogens is 2. The third-order valence-electron chi connectivity index (χ3n) is 4.18. The molecule has 1 saturated heterocycles. The summed E-state index contributed by atoms with van der Waals surface area (Å²) < 4.78 is 5.33. The summed E-state index contributed by atoms with van der Waals surface area (Å²) in [5.74, 6) is 0.420. The van der Waals surface area contributed by atoms with E-state index in [4.69, 9.17) is 16.3 Å². The number of amides is 1. The Bertz CT molecular complexity index is 720. The SMILES string of the molecule is CC(CNC(=O)c1nc(N2CCOCC2)ncc1Cl)c1ccccc1. The summed E-state index contributed by atoms with van der Waals surface area (Å²) in [5, 5.41) is 3.16. The lowest BCUT2D eigenvalue weighted by atomic mass is 10.0. The molecule has 1 amide bonds. The highest BCUT2D eigenvalue weighted by atomic mass is 35.5. The summed E-state index contributed by atoms with van der Waals surface area (Å²) >= 11 is 6.13. The number of nitrogens with one attached hydrogen (secondary N) is 1. The molecule has 7 heteroatoms. The number of benzene rings is 1. The molecular weight excluding hydrogens is 340 g/mol. The molecule has 0 aliphatic carbocycles. The lowest BCUT2D eigenvalue weighted by Gasteiger charge is -2.26. The standard InChI is InChI=1S/C18H21ClN4O2/c1-13(14-5-3-2-4-6-14)11-20-17(24)16-15(19)12-21-18(22-16)23-7-9-25-10-8-23/h2-6,12-13H,7-11H2,1H3,(H,20,24). The number of carbonyl (C=O) groups excluding carboxylic acids is 1. The first kappa shape index (κ1) is 17.6. The summed E-state index contributed by atoms with van der Waals surface area (Å²) in [6, 6.07) is 10.0. The minimum absolute atomic E-state index is 0.199. The predicted molar refractivity (Wildman–Crippen MR) is 97.3 cm³/mol. The van der Waals surface area contributed by atoms with Gasteiger partial charge in [-0.2, -0.15) is 0 Å². The van der Waals surface area contributed by atoms with Crippen LogP contribution in [0.15, 0.2) is 36.5 Å². The van der Waals surface area contributed by atoms with Gasteiger partial charge in [0.2, 0.25) is 5.95 Å². The van der Waals surface area contributed by atoms with Crippen molar-refractivity contribution in [3.8, 4) is 0 Å². The smallest absolute Gasteiger partial charge is 0.271 e. The van der Waals surface area contributed by atoms with Gasteiger partial charge in [-0.05, 0) is 11.5 Å². The Balaban J connectivity index is 1.66. The van der Waals surface area contributed by atoms with Crippen molar-refractivity contribution in [2.24, 2.45) is 0 Å². The molecule has 0 spiro atoms. The molecule has 1 N–H and O–H groups in total. The maximum Gasteiger partial charge on any atom is 0.271 e. The fraction of sp³-hybridized carbons (Fsp3) is 0.389. The van der Waals surface area contributed by atoms with E-state index in [1.807, 2.05) is 35.2 Å². The van der Waals surface area contributed by atoms with Crippen molar-refractivity contribution in [3.63, 3.8) is 0 Å². The monoisotopic (exact) mass is 360 g/mol. The number of halogens is 1. The summed E-state index contributed by atoms with van der Waals surface area (Å²) in [4.78, 5) is 23.1. The van der Waals surface area contributed by atoms with Gasteiger partial charge in [0.15, 0.2) is 5.69 Å². The molecule has 1 unspecified atom stereocenters. The maximum absolute atomic E-state index is 12.5. The number of ether oxygens (including phenoxy) is 1. The lowest BCUT2D eigenvalue weighted by molar-refractivity contribution is 0.0946. The van der Waals surface area contributed by atoms with Gasteiger partial charge in [-0.1, -0.05) is 48.9 Å². The third-order valence-corrected chi connectivity index (χ3v) is 4.45. The van der Waals surface area contributed by atoms with E-state index in [0.29, 0.717) is 38.8 Å². The average molecular weight is 361 g/mol. The third kappa shape index (κ3) is 4.46. The van der Waals surface area contributed by atoms with Crippen molar-refractivity contribution in [1.29, 1.82) is 0 Å². The first-order valence-electron chi connectivity index (χ1n) is 8.33. The topological polar surface area (TPSA) is 67.4 Å². The zero-order chi connectivity index (χ0) is 17.6. The summed E-state index contributed by atoms with van der Waals surface area (Å²) in [6.07, 6.45) is 1.48. The highest BCUT2D eigenvalue weighted by Gasteiger charge is 2.19. The molecule has 2 aromatic rings. The van der Waals surface area contributed by atoms with E-state index in [2.05, 4.69) is 22.2 Å². The molecule has 132 valence electrons. The van der Waals surface area contributed by atoms with Gasteiger partial charge in [0, 0.05) is 19.6 Å². The van der Waals surface area contributed by atoms with Crippen LogP contribution in [0.4, 0.5) is 5.95 Å². The normalized spacial score (nSPS) is 15.7. The Morgan fingerprint density at radius 1 is 1.32 bits per heavy atom. The van der Waals surface area contributed by atoms with Gasteiger partial charge in [-0.15, -0.1) is 0 Å². The van der Waals surface area contributed by atoms with E-state index in [-0.39, 0.29) is 22.5 Å². The van der Waals surface area contributed by atoms with E-state index in [1.165, 1.54) is 11.8 Å². The Hall–Kier alpha value is -2.18. The number of anilines is 1.